The number of carbonyl (C=O) groups excluding carboxylic acids is 1. The second kappa shape index (κ2) is 4.61. The molecule has 100 valence electrons. The van der Waals surface area contributed by atoms with Crippen molar-refractivity contribution in [1.29, 1.82) is 0 Å². The third kappa shape index (κ3) is 2.73. The van der Waals surface area contributed by atoms with Crippen LogP contribution < -0.4 is 0 Å². The van der Waals surface area contributed by atoms with Crippen LogP contribution >= 0.6 is 11.6 Å². The Kier molecular flexibility index (Phi) is 3.27. The molecule has 0 N–H and O–H groups in total. The van der Waals surface area contributed by atoms with Crippen LogP contribution in [0.25, 0.3) is 5.69 Å². The number of aromatic nitrogens is 3. The average molecular weight is 294 g/mol. The van der Waals surface area contributed by atoms with Crippen LogP contribution in [0, 0.1) is 5.82 Å². The van der Waals surface area contributed by atoms with E-state index in [2.05, 4.69) is 10.3 Å². The zero-order valence-electron chi connectivity index (χ0n) is 8.95. The topological polar surface area (TPSA) is 47.8 Å². The molecule has 2 rings (SSSR count). The number of rotatable bonds is 2. The fraction of sp³-hybridized carbons (Fsp3) is 0.100. The van der Waals surface area contributed by atoms with Gasteiger partial charge in [-0.3, -0.25) is 4.79 Å². The largest absolute Gasteiger partial charge is 0.456 e. The van der Waals surface area contributed by atoms with Crippen molar-refractivity contribution in [3.8, 4) is 5.69 Å². The normalized spacial score (nSPS) is 11.6. The van der Waals surface area contributed by atoms with Crippen molar-refractivity contribution < 1.29 is 22.4 Å². The van der Waals surface area contributed by atoms with Gasteiger partial charge in [0.15, 0.2) is 5.69 Å². The predicted octanol–water partition coefficient (Wildman–Crippen LogP) is 2.80. The molecule has 0 fully saturated rings. The molecule has 0 bridgehead atoms. The Morgan fingerprint density at radius 1 is 1.32 bits per heavy atom. The highest BCUT2D eigenvalue weighted by Crippen LogP contribution is 2.23. The van der Waals surface area contributed by atoms with Crippen LogP contribution in [0.5, 0.6) is 0 Å². The molecule has 19 heavy (non-hydrogen) atoms. The number of benzene rings is 1. The lowest BCUT2D eigenvalue weighted by Gasteiger charge is -2.03. The molecular weight excluding hydrogens is 290 g/mol. The summed E-state index contributed by atoms with van der Waals surface area (Å²) < 4.78 is 50.3. The monoisotopic (exact) mass is 293 g/mol. The minimum Gasteiger partial charge on any atom is -0.282 e. The van der Waals surface area contributed by atoms with Gasteiger partial charge in [-0.25, -0.2) is 9.07 Å². The summed E-state index contributed by atoms with van der Waals surface area (Å²) in [5, 5.41) is 6.46. The molecule has 1 aromatic heterocycles. The number of Topliss-reactive ketones (excluding diaryl/α,β-unsaturated/α-hetero) is 1. The van der Waals surface area contributed by atoms with E-state index in [0.717, 1.165) is 23.0 Å². The summed E-state index contributed by atoms with van der Waals surface area (Å²) in [5.41, 5.74) is -0.914. The van der Waals surface area contributed by atoms with Crippen molar-refractivity contribution in [2.45, 2.75) is 6.18 Å². The van der Waals surface area contributed by atoms with Gasteiger partial charge in [0, 0.05) is 6.07 Å². The standard InChI is InChI=1S/C10H4ClF4N3O/c11-6-2-1-5(12)3-8(6)18-4-7(16-17-18)9(19)10(13,14)15/h1-4H. The predicted molar refractivity (Wildman–Crippen MR) is 56.7 cm³/mol. The third-order valence-electron chi connectivity index (χ3n) is 2.14. The second-order valence-electron chi connectivity index (χ2n) is 3.47. The first kappa shape index (κ1) is 13.5. The van der Waals surface area contributed by atoms with E-state index in [1.807, 2.05) is 0 Å². The molecule has 0 aliphatic rings. The first-order valence-electron chi connectivity index (χ1n) is 4.78. The van der Waals surface area contributed by atoms with Gasteiger partial charge in [-0.2, -0.15) is 13.2 Å². The maximum atomic E-state index is 13.0. The summed E-state index contributed by atoms with van der Waals surface area (Å²) in [6.07, 6.45) is -4.32. The fourth-order valence-corrected chi connectivity index (χ4v) is 1.50. The molecule has 0 saturated heterocycles. The van der Waals surface area contributed by atoms with E-state index >= 15 is 0 Å². The van der Waals surface area contributed by atoms with Gasteiger partial charge in [0.25, 0.3) is 5.78 Å². The van der Waals surface area contributed by atoms with E-state index in [1.165, 1.54) is 6.07 Å². The van der Waals surface area contributed by atoms with Gasteiger partial charge in [0.2, 0.25) is 0 Å². The molecule has 1 aromatic carbocycles. The minimum atomic E-state index is -5.05. The highest BCUT2D eigenvalue weighted by Gasteiger charge is 2.41. The van der Waals surface area contributed by atoms with E-state index in [9.17, 15) is 22.4 Å². The molecule has 0 aliphatic carbocycles. The Bertz CT molecular complexity index is 638. The molecule has 0 radical (unpaired) electrons. The summed E-state index contributed by atoms with van der Waals surface area (Å²) in [6, 6.07) is 3.24. The summed E-state index contributed by atoms with van der Waals surface area (Å²) in [4.78, 5) is 10.9. The van der Waals surface area contributed by atoms with Crippen LogP contribution in [-0.4, -0.2) is 27.0 Å². The molecule has 4 nitrogen and oxygen atoms in total. The first-order valence-corrected chi connectivity index (χ1v) is 5.16. The van der Waals surface area contributed by atoms with E-state index in [-0.39, 0.29) is 10.7 Å². The van der Waals surface area contributed by atoms with Crippen molar-refractivity contribution in [2.75, 3.05) is 0 Å². The van der Waals surface area contributed by atoms with Gasteiger partial charge in [-0.1, -0.05) is 16.8 Å². The molecule has 0 atom stereocenters. The molecular formula is C10H4ClF4N3O. The Balaban J connectivity index is 2.42. The lowest BCUT2D eigenvalue weighted by molar-refractivity contribution is -0.0888. The number of halogens is 5. The summed E-state index contributed by atoms with van der Waals surface area (Å²) in [5.74, 6) is -2.79. The van der Waals surface area contributed by atoms with E-state index in [0.29, 0.717) is 0 Å². The average Bonchev–Trinajstić information content (AvgIpc) is 2.79. The molecule has 0 saturated carbocycles. The molecule has 0 spiro atoms. The second-order valence-corrected chi connectivity index (χ2v) is 3.88. The van der Waals surface area contributed by atoms with E-state index in [4.69, 9.17) is 11.6 Å². The van der Waals surface area contributed by atoms with Gasteiger partial charge >= 0.3 is 6.18 Å². The number of hydrogen-bond donors (Lipinski definition) is 0. The summed E-state index contributed by atoms with van der Waals surface area (Å²) in [6.45, 7) is 0. The maximum Gasteiger partial charge on any atom is 0.456 e. The lowest BCUT2D eigenvalue weighted by Crippen LogP contribution is -2.23. The quantitative estimate of drug-likeness (QED) is 0.632. The van der Waals surface area contributed by atoms with Gasteiger partial charge in [0.1, 0.15) is 5.82 Å². The molecule has 9 heteroatoms. The third-order valence-corrected chi connectivity index (χ3v) is 2.46. The smallest absolute Gasteiger partial charge is 0.282 e. The number of ketones is 1. The van der Waals surface area contributed by atoms with E-state index in [1.54, 1.807) is 0 Å². The van der Waals surface area contributed by atoms with Crippen LogP contribution in [0.3, 0.4) is 0 Å². The number of carbonyl (C=O) groups is 1. The Labute approximate surface area is 108 Å². The van der Waals surface area contributed by atoms with Crippen LogP contribution in [0.4, 0.5) is 17.6 Å². The first-order chi connectivity index (χ1) is 8.79. The fourth-order valence-electron chi connectivity index (χ4n) is 1.29. The zero-order valence-corrected chi connectivity index (χ0v) is 9.71. The number of hydrogen-bond acceptors (Lipinski definition) is 3. The summed E-state index contributed by atoms with van der Waals surface area (Å²) in [7, 11) is 0. The minimum absolute atomic E-state index is 0.0182. The Morgan fingerprint density at radius 3 is 2.63 bits per heavy atom. The number of nitrogens with zero attached hydrogens (tertiary/aromatic N) is 3. The summed E-state index contributed by atoms with van der Waals surface area (Å²) >= 11 is 5.75. The van der Waals surface area contributed by atoms with Gasteiger partial charge in [0.05, 0.1) is 16.9 Å². The van der Waals surface area contributed by atoms with E-state index < -0.39 is 23.5 Å². The van der Waals surface area contributed by atoms with Crippen molar-refractivity contribution in [1.82, 2.24) is 15.0 Å². The highest BCUT2D eigenvalue weighted by atomic mass is 35.5. The highest BCUT2D eigenvalue weighted by molar-refractivity contribution is 6.32. The van der Waals surface area contributed by atoms with Crippen molar-refractivity contribution in [3.05, 3.63) is 40.9 Å². The maximum absolute atomic E-state index is 13.0. The molecule has 0 unspecified atom stereocenters. The van der Waals surface area contributed by atoms with Crippen molar-refractivity contribution in [3.63, 3.8) is 0 Å². The SMILES string of the molecule is O=C(c1cn(-c2cc(F)ccc2Cl)nn1)C(F)(F)F. The molecule has 0 aliphatic heterocycles. The van der Waals surface area contributed by atoms with Crippen molar-refractivity contribution in [2.24, 2.45) is 0 Å². The van der Waals surface area contributed by atoms with Crippen molar-refractivity contribution >= 4 is 17.4 Å². The van der Waals surface area contributed by atoms with Crippen LogP contribution in [0.1, 0.15) is 10.5 Å². The van der Waals surface area contributed by atoms with Crippen LogP contribution in [-0.2, 0) is 0 Å². The molecule has 2 aromatic rings. The van der Waals surface area contributed by atoms with Crippen LogP contribution in [0.15, 0.2) is 24.4 Å². The lowest BCUT2D eigenvalue weighted by atomic mass is 10.3. The Hall–Kier alpha value is -1.96. The zero-order chi connectivity index (χ0) is 14.2. The van der Waals surface area contributed by atoms with Gasteiger partial charge in [-0.15, -0.1) is 5.10 Å². The van der Waals surface area contributed by atoms with Crippen LogP contribution in [0.2, 0.25) is 5.02 Å². The molecule has 0 amide bonds. The number of alkyl halides is 3. The van der Waals surface area contributed by atoms with Gasteiger partial charge in [-0.05, 0) is 12.1 Å². The Morgan fingerprint density at radius 2 is 2.00 bits per heavy atom. The van der Waals surface area contributed by atoms with Gasteiger partial charge < -0.3 is 0 Å². The molecule has 1 heterocycles.